The molecule has 162 valence electrons. The summed E-state index contributed by atoms with van der Waals surface area (Å²) in [6, 6.07) is 7.98. The summed E-state index contributed by atoms with van der Waals surface area (Å²) >= 11 is 0. The first-order chi connectivity index (χ1) is 15.0. The number of benzene rings is 1. The molecule has 2 aliphatic heterocycles. The first-order valence-electron chi connectivity index (χ1n) is 10.7. The molecule has 2 fully saturated rings. The molecule has 1 saturated carbocycles. The molecule has 31 heavy (non-hydrogen) atoms. The van der Waals surface area contributed by atoms with Gasteiger partial charge in [-0.15, -0.1) is 0 Å². The maximum atomic E-state index is 13.1. The van der Waals surface area contributed by atoms with Crippen molar-refractivity contribution in [3.8, 4) is 0 Å². The van der Waals surface area contributed by atoms with Gasteiger partial charge in [-0.3, -0.25) is 19.7 Å². The summed E-state index contributed by atoms with van der Waals surface area (Å²) < 4.78 is 5.27. The van der Waals surface area contributed by atoms with Crippen molar-refractivity contribution in [1.29, 1.82) is 0 Å². The lowest BCUT2D eigenvalue weighted by atomic mass is 9.83. The molecule has 1 saturated heterocycles. The van der Waals surface area contributed by atoms with Gasteiger partial charge in [0.25, 0.3) is 11.6 Å². The van der Waals surface area contributed by atoms with Crippen LogP contribution in [0.5, 0.6) is 0 Å². The number of carbonyl (C=O) groups excluding carboxylic acids is 2. The number of hydrogen-bond donors (Lipinski definition) is 1. The van der Waals surface area contributed by atoms with E-state index in [2.05, 4.69) is 10.2 Å². The zero-order valence-electron chi connectivity index (χ0n) is 17.0. The molecule has 1 N–H and O–H groups in total. The predicted molar refractivity (Wildman–Crippen MR) is 112 cm³/mol. The molecular formula is C22H24N4O5. The Bertz CT molecular complexity index is 1020. The van der Waals surface area contributed by atoms with Crippen molar-refractivity contribution in [2.45, 2.75) is 25.3 Å². The van der Waals surface area contributed by atoms with Gasteiger partial charge in [0.1, 0.15) is 0 Å². The second-order valence-corrected chi connectivity index (χ2v) is 8.56. The molecule has 2 amide bonds. The molecule has 1 aromatic carbocycles. The van der Waals surface area contributed by atoms with E-state index < -0.39 is 4.92 Å². The number of piperazine rings is 1. The van der Waals surface area contributed by atoms with Crippen molar-refractivity contribution in [3.05, 3.63) is 58.0 Å². The number of nitro groups is 1. The van der Waals surface area contributed by atoms with Gasteiger partial charge in [0, 0.05) is 44.0 Å². The SMILES string of the molecule is O=C(NCC1CC1)[C@@H]1Cc2cc([N+](=O)[O-])ccc2N2CCN(C(=O)c3ccco3)C[C@H]12. The van der Waals surface area contributed by atoms with Gasteiger partial charge in [0.05, 0.1) is 23.1 Å². The van der Waals surface area contributed by atoms with Crippen LogP contribution in [0.2, 0.25) is 0 Å². The standard InChI is InChI=1S/C22H24N4O5/c27-21(23-12-14-3-4-14)17-11-15-10-16(26(29)30)5-6-18(15)25-8-7-24(13-19(17)25)22(28)20-2-1-9-31-20/h1-2,5-6,9-10,14,17,19H,3-4,7-8,11-13H2,(H,23,27)/t17-,19-/m1/s1. The van der Waals surface area contributed by atoms with Crippen LogP contribution in [0, 0.1) is 22.0 Å². The number of nitrogens with zero attached hydrogens (tertiary/aromatic N) is 3. The summed E-state index contributed by atoms with van der Waals surface area (Å²) in [5, 5.41) is 14.3. The lowest BCUT2D eigenvalue weighted by molar-refractivity contribution is -0.384. The number of carbonyl (C=O) groups is 2. The fourth-order valence-electron chi connectivity index (χ4n) is 4.66. The number of anilines is 1. The summed E-state index contributed by atoms with van der Waals surface area (Å²) in [6.45, 7) is 2.10. The monoisotopic (exact) mass is 424 g/mol. The highest BCUT2D eigenvalue weighted by atomic mass is 16.6. The molecule has 5 rings (SSSR count). The molecule has 0 bridgehead atoms. The Balaban J connectivity index is 1.43. The molecule has 0 unspecified atom stereocenters. The highest BCUT2D eigenvalue weighted by Gasteiger charge is 2.43. The normalized spacial score (nSPS) is 22.5. The third-order valence-corrected chi connectivity index (χ3v) is 6.52. The Morgan fingerprint density at radius 3 is 2.77 bits per heavy atom. The Labute approximate surface area is 179 Å². The quantitative estimate of drug-likeness (QED) is 0.582. The number of furan rings is 1. The summed E-state index contributed by atoms with van der Waals surface area (Å²) in [7, 11) is 0. The van der Waals surface area contributed by atoms with Gasteiger partial charge < -0.3 is 19.5 Å². The minimum Gasteiger partial charge on any atom is -0.459 e. The summed E-state index contributed by atoms with van der Waals surface area (Å²) in [5.74, 6) is 0.221. The third-order valence-electron chi connectivity index (χ3n) is 6.52. The van der Waals surface area contributed by atoms with E-state index >= 15 is 0 Å². The van der Waals surface area contributed by atoms with E-state index in [1.807, 2.05) is 0 Å². The van der Waals surface area contributed by atoms with E-state index in [0.29, 0.717) is 38.5 Å². The van der Waals surface area contributed by atoms with Gasteiger partial charge in [-0.2, -0.15) is 0 Å². The molecule has 1 aliphatic carbocycles. The highest BCUT2D eigenvalue weighted by Crippen LogP contribution is 2.38. The fraction of sp³-hybridized carbons (Fsp3) is 0.455. The van der Waals surface area contributed by atoms with E-state index in [-0.39, 0.29) is 35.2 Å². The summed E-state index contributed by atoms with van der Waals surface area (Å²) in [4.78, 5) is 40.7. The van der Waals surface area contributed by atoms with Crippen LogP contribution in [0.15, 0.2) is 41.0 Å². The van der Waals surface area contributed by atoms with E-state index in [1.54, 1.807) is 29.2 Å². The number of amides is 2. The highest BCUT2D eigenvalue weighted by molar-refractivity contribution is 5.92. The van der Waals surface area contributed by atoms with Crippen LogP contribution in [-0.2, 0) is 11.2 Å². The Morgan fingerprint density at radius 2 is 2.06 bits per heavy atom. The van der Waals surface area contributed by atoms with Crippen LogP contribution in [0.4, 0.5) is 11.4 Å². The molecule has 2 atom stereocenters. The molecular weight excluding hydrogens is 400 g/mol. The number of rotatable bonds is 5. The van der Waals surface area contributed by atoms with E-state index in [1.165, 1.54) is 12.3 Å². The number of fused-ring (bicyclic) bond motifs is 3. The van der Waals surface area contributed by atoms with Gasteiger partial charge in [-0.05, 0) is 48.9 Å². The van der Waals surface area contributed by atoms with Gasteiger partial charge in [0.2, 0.25) is 5.91 Å². The first kappa shape index (κ1) is 19.6. The Morgan fingerprint density at radius 1 is 1.23 bits per heavy atom. The molecule has 9 heteroatoms. The lowest BCUT2D eigenvalue weighted by Crippen LogP contribution is -2.62. The van der Waals surface area contributed by atoms with E-state index in [9.17, 15) is 19.7 Å². The maximum absolute atomic E-state index is 13.1. The van der Waals surface area contributed by atoms with Gasteiger partial charge >= 0.3 is 0 Å². The van der Waals surface area contributed by atoms with E-state index in [0.717, 1.165) is 24.1 Å². The van der Waals surface area contributed by atoms with E-state index in [4.69, 9.17) is 4.42 Å². The number of nitro benzene ring substituents is 1. The average molecular weight is 424 g/mol. The van der Waals surface area contributed by atoms with Crippen molar-refractivity contribution >= 4 is 23.2 Å². The van der Waals surface area contributed by atoms with Crippen LogP contribution >= 0.6 is 0 Å². The minimum atomic E-state index is -0.408. The number of non-ortho nitro benzene ring substituents is 1. The number of hydrogen-bond acceptors (Lipinski definition) is 6. The minimum absolute atomic E-state index is 0.0287. The van der Waals surface area contributed by atoms with Crippen LogP contribution < -0.4 is 10.2 Å². The molecule has 2 aromatic rings. The summed E-state index contributed by atoms with van der Waals surface area (Å²) in [5.41, 5.74) is 1.75. The molecule has 3 heterocycles. The van der Waals surface area contributed by atoms with Crippen LogP contribution in [-0.4, -0.2) is 53.9 Å². The molecule has 1 aromatic heterocycles. The smallest absolute Gasteiger partial charge is 0.289 e. The Hall–Kier alpha value is -3.36. The molecule has 3 aliphatic rings. The Kier molecular flexibility index (Phi) is 4.88. The predicted octanol–water partition coefficient (Wildman–Crippen LogP) is 2.22. The van der Waals surface area contributed by atoms with Crippen molar-refractivity contribution in [3.63, 3.8) is 0 Å². The fourth-order valence-corrected chi connectivity index (χ4v) is 4.66. The van der Waals surface area contributed by atoms with Gasteiger partial charge in [0.15, 0.2) is 5.76 Å². The summed E-state index contributed by atoms with van der Waals surface area (Å²) in [6.07, 6.45) is 4.17. The zero-order chi connectivity index (χ0) is 21.5. The second kappa shape index (κ2) is 7.72. The molecule has 0 radical (unpaired) electrons. The van der Waals surface area contributed by atoms with Gasteiger partial charge in [-0.25, -0.2) is 0 Å². The number of nitrogens with one attached hydrogen (secondary N) is 1. The van der Waals surface area contributed by atoms with Crippen molar-refractivity contribution in [1.82, 2.24) is 10.2 Å². The van der Waals surface area contributed by atoms with Crippen molar-refractivity contribution in [2.24, 2.45) is 11.8 Å². The first-order valence-corrected chi connectivity index (χ1v) is 10.7. The van der Waals surface area contributed by atoms with Gasteiger partial charge in [-0.1, -0.05) is 0 Å². The zero-order valence-corrected chi connectivity index (χ0v) is 17.0. The third kappa shape index (κ3) is 3.75. The van der Waals surface area contributed by atoms with Crippen molar-refractivity contribution < 1.29 is 18.9 Å². The largest absolute Gasteiger partial charge is 0.459 e. The lowest BCUT2D eigenvalue weighted by Gasteiger charge is -2.48. The topological polar surface area (TPSA) is 109 Å². The second-order valence-electron chi connectivity index (χ2n) is 8.56. The van der Waals surface area contributed by atoms with Crippen LogP contribution in [0.1, 0.15) is 29.0 Å². The van der Waals surface area contributed by atoms with Crippen LogP contribution in [0.25, 0.3) is 0 Å². The molecule has 0 spiro atoms. The van der Waals surface area contributed by atoms with Crippen LogP contribution in [0.3, 0.4) is 0 Å². The average Bonchev–Trinajstić information content (AvgIpc) is 3.46. The maximum Gasteiger partial charge on any atom is 0.289 e. The van der Waals surface area contributed by atoms with Crippen molar-refractivity contribution in [2.75, 3.05) is 31.1 Å². The molecule has 9 nitrogen and oxygen atoms in total.